The van der Waals surface area contributed by atoms with Gasteiger partial charge in [0.25, 0.3) is 0 Å². The first kappa shape index (κ1) is 15.4. The summed E-state index contributed by atoms with van der Waals surface area (Å²) >= 11 is 0. The molecule has 0 radical (unpaired) electrons. The number of ether oxygens (including phenoxy) is 2. The molecule has 0 aliphatic rings. The van der Waals surface area contributed by atoms with E-state index in [0.717, 1.165) is 17.1 Å². The minimum absolute atomic E-state index is 0.158. The van der Waals surface area contributed by atoms with Crippen LogP contribution in [0, 0.1) is 0 Å². The molecular formula is C18H23NO2. The van der Waals surface area contributed by atoms with Crippen LogP contribution in [0.3, 0.4) is 0 Å². The molecule has 3 heteroatoms. The van der Waals surface area contributed by atoms with Crippen molar-refractivity contribution in [3.63, 3.8) is 0 Å². The fraction of sp³-hybridized carbons (Fsp3) is 0.333. The molecule has 0 unspecified atom stereocenters. The fourth-order valence-electron chi connectivity index (χ4n) is 2.48. The smallest absolute Gasteiger partial charge is 0.123 e. The lowest BCUT2D eigenvalue weighted by molar-refractivity contribution is 0.387. The SMILES string of the molecule is COc1ccc(OC)c([C@H](C)N[C@@H](C)c2ccccc2)c1. The van der Waals surface area contributed by atoms with Crippen LogP contribution in [0.2, 0.25) is 0 Å². The molecule has 2 rings (SSSR count). The largest absolute Gasteiger partial charge is 0.497 e. The van der Waals surface area contributed by atoms with Crippen LogP contribution in [-0.4, -0.2) is 14.2 Å². The van der Waals surface area contributed by atoms with E-state index in [9.17, 15) is 0 Å². The van der Waals surface area contributed by atoms with Gasteiger partial charge in [0.15, 0.2) is 0 Å². The van der Waals surface area contributed by atoms with Crippen molar-refractivity contribution in [2.45, 2.75) is 25.9 Å². The van der Waals surface area contributed by atoms with Crippen molar-refractivity contribution in [1.29, 1.82) is 0 Å². The molecule has 0 fully saturated rings. The van der Waals surface area contributed by atoms with Gasteiger partial charge in [-0.2, -0.15) is 0 Å². The van der Waals surface area contributed by atoms with Crippen LogP contribution in [0.5, 0.6) is 11.5 Å². The first-order chi connectivity index (χ1) is 10.2. The van der Waals surface area contributed by atoms with E-state index in [-0.39, 0.29) is 12.1 Å². The minimum Gasteiger partial charge on any atom is -0.497 e. The lowest BCUT2D eigenvalue weighted by Crippen LogP contribution is -2.22. The molecule has 0 spiro atoms. The van der Waals surface area contributed by atoms with Crippen molar-refractivity contribution >= 4 is 0 Å². The maximum atomic E-state index is 5.46. The van der Waals surface area contributed by atoms with Gasteiger partial charge < -0.3 is 14.8 Å². The van der Waals surface area contributed by atoms with Gasteiger partial charge in [-0.3, -0.25) is 0 Å². The molecule has 3 nitrogen and oxygen atoms in total. The van der Waals surface area contributed by atoms with Gasteiger partial charge in [-0.1, -0.05) is 30.3 Å². The van der Waals surface area contributed by atoms with E-state index in [1.165, 1.54) is 5.56 Å². The lowest BCUT2D eigenvalue weighted by atomic mass is 10.0. The zero-order valence-corrected chi connectivity index (χ0v) is 13.1. The molecule has 0 saturated carbocycles. The first-order valence-electron chi connectivity index (χ1n) is 7.18. The van der Waals surface area contributed by atoms with Gasteiger partial charge >= 0.3 is 0 Å². The standard InChI is InChI=1S/C18H23NO2/c1-13(15-8-6-5-7-9-15)19-14(2)17-12-16(20-3)10-11-18(17)21-4/h5-14,19H,1-4H3/t13-,14-/m0/s1. The van der Waals surface area contributed by atoms with E-state index >= 15 is 0 Å². The van der Waals surface area contributed by atoms with Gasteiger partial charge in [0.05, 0.1) is 14.2 Å². The summed E-state index contributed by atoms with van der Waals surface area (Å²) in [7, 11) is 3.37. The minimum atomic E-state index is 0.158. The average Bonchev–Trinajstić information content (AvgIpc) is 2.54. The topological polar surface area (TPSA) is 30.5 Å². The molecule has 0 amide bonds. The Kier molecular flexibility index (Phi) is 5.23. The third-order valence-corrected chi connectivity index (χ3v) is 3.70. The summed E-state index contributed by atoms with van der Waals surface area (Å²) in [6, 6.07) is 16.7. The molecule has 0 heterocycles. The molecule has 0 saturated heterocycles. The van der Waals surface area contributed by atoms with Crippen LogP contribution in [-0.2, 0) is 0 Å². The van der Waals surface area contributed by atoms with Gasteiger partial charge in [-0.05, 0) is 37.6 Å². The van der Waals surface area contributed by atoms with E-state index in [2.05, 4.69) is 43.4 Å². The molecule has 2 atom stereocenters. The first-order valence-corrected chi connectivity index (χ1v) is 7.18. The highest BCUT2D eigenvalue weighted by atomic mass is 16.5. The Hall–Kier alpha value is -2.00. The average molecular weight is 285 g/mol. The van der Waals surface area contributed by atoms with E-state index < -0.39 is 0 Å². The third-order valence-electron chi connectivity index (χ3n) is 3.70. The summed E-state index contributed by atoms with van der Waals surface area (Å²) in [5.74, 6) is 1.71. The third kappa shape index (κ3) is 3.76. The second-order valence-electron chi connectivity index (χ2n) is 5.13. The summed E-state index contributed by atoms with van der Waals surface area (Å²) in [6.07, 6.45) is 0. The predicted molar refractivity (Wildman–Crippen MR) is 86.0 cm³/mol. The maximum Gasteiger partial charge on any atom is 0.123 e. The van der Waals surface area contributed by atoms with Crippen LogP contribution in [0.1, 0.15) is 37.1 Å². The summed E-state index contributed by atoms with van der Waals surface area (Å²) in [5, 5.41) is 3.60. The molecule has 0 bridgehead atoms. The molecule has 112 valence electrons. The number of hydrogen-bond acceptors (Lipinski definition) is 3. The molecule has 0 aromatic heterocycles. The molecule has 2 aromatic rings. The Bertz CT molecular complexity index is 569. The van der Waals surface area contributed by atoms with Crippen LogP contribution in [0.15, 0.2) is 48.5 Å². The summed E-state index contributed by atoms with van der Waals surface area (Å²) in [6.45, 7) is 4.30. The van der Waals surface area contributed by atoms with Crippen LogP contribution >= 0.6 is 0 Å². The van der Waals surface area contributed by atoms with Gasteiger partial charge in [0.1, 0.15) is 11.5 Å². The van der Waals surface area contributed by atoms with Gasteiger partial charge in [-0.25, -0.2) is 0 Å². The number of methoxy groups -OCH3 is 2. The molecule has 0 aliphatic heterocycles. The monoisotopic (exact) mass is 285 g/mol. The summed E-state index contributed by atoms with van der Waals surface area (Å²) in [4.78, 5) is 0. The second kappa shape index (κ2) is 7.14. The Morgan fingerprint density at radius 1 is 0.857 bits per heavy atom. The second-order valence-corrected chi connectivity index (χ2v) is 5.13. The van der Waals surface area contributed by atoms with Crippen molar-refractivity contribution < 1.29 is 9.47 Å². The van der Waals surface area contributed by atoms with Crippen molar-refractivity contribution in [1.82, 2.24) is 5.32 Å². The highest BCUT2D eigenvalue weighted by Crippen LogP contribution is 2.30. The van der Waals surface area contributed by atoms with E-state index in [1.807, 2.05) is 24.3 Å². The van der Waals surface area contributed by atoms with Crippen LogP contribution < -0.4 is 14.8 Å². The van der Waals surface area contributed by atoms with Crippen molar-refractivity contribution in [2.24, 2.45) is 0 Å². The zero-order valence-electron chi connectivity index (χ0n) is 13.1. The van der Waals surface area contributed by atoms with Crippen molar-refractivity contribution in [3.8, 4) is 11.5 Å². The van der Waals surface area contributed by atoms with E-state index in [1.54, 1.807) is 14.2 Å². The fourth-order valence-corrected chi connectivity index (χ4v) is 2.48. The number of benzene rings is 2. The van der Waals surface area contributed by atoms with Crippen molar-refractivity contribution in [3.05, 3.63) is 59.7 Å². The van der Waals surface area contributed by atoms with Crippen LogP contribution in [0.25, 0.3) is 0 Å². The molecule has 0 aliphatic carbocycles. The number of nitrogens with one attached hydrogen (secondary N) is 1. The summed E-state index contributed by atoms with van der Waals surface area (Å²) < 4.78 is 10.8. The Labute approximate surface area is 126 Å². The van der Waals surface area contributed by atoms with Crippen LogP contribution in [0.4, 0.5) is 0 Å². The molecule has 21 heavy (non-hydrogen) atoms. The van der Waals surface area contributed by atoms with Gasteiger partial charge in [-0.15, -0.1) is 0 Å². The van der Waals surface area contributed by atoms with Gasteiger partial charge in [0.2, 0.25) is 0 Å². The molecule has 1 N–H and O–H groups in total. The van der Waals surface area contributed by atoms with Gasteiger partial charge in [0, 0.05) is 17.6 Å². The molecule has 2 aromatic carbocycles. The van der Waals surface area contributed by atoms with E-state index in [0.29, 0.717) is 0 Å². The van der Waals surface area contributed by atoms with E-state index in [4.69, 9.17) is 9.47 Å². The zero-order chi connectivity index (χ0) is 15.2. The number of rotatable bonds is 6. The molecular weight excluding hydrogens is 262 g/mol. The maximum absolute atomic E-state index is 5.46. The highest BCUT2D eigenvalue weighted by molar-refractivity contribution is 5.42. The highest BCUT2D eigenvalue weighted by Gasteiger charge is 2.15. The summed E-state index contributed by atoms with van der Waals surface area (Å²) in [5.41, 5.74) is 2.37. The van der Waals surface area contributed by atoms with Crippen molar-refractivity contribution in [2.75, 3.05) is 14.2 Å². The predicted octanol–water partition coefficient (Wildman–Crippen LogP) is 4.12. The Morgan fingerprint density at radius 2 is 1.57 bits per heavy atom. The number of hydrogen-bond donors (Lipinski definition) is 1. The lowest BCUT2D eigenvalue weighted by Gasteiger charge is -2.22. The Balaban J connectivity index is 2.18. The Morgan fingerprint density at radius 3 is 2.19 bits per heavy atom. The normalized spacial score (nSPS) is 13.5. The quantitative estimate of drug-likeness (QED) is 0.866.